The second-order valence-electron chi connectivity index (χ2n) is 3.63. The Labute approximate surface area is 92.0 Å². The van der Waals surface area contributed by atoms with E-state index in [-0.39, 0.29) is 0 Å². The van der Waals surface area contributed by atoms with Crippen LogP contribution >= 0.6 is 23.4 Å². The summed E-state index contributed by atoms with van der Waals surface area (Å²) in [6, 6.07) is 0. The first-order valence-corrected chi connectivity index (χ1v) is 6.68. The van der Waals surface area contributed by atoms with E-state index in [4.69, 9.17) is 11.6 Å². The van der Waals surface area contributed by atoms with Crippen molar-refractivity contribution < 1.29 is 0 Å². The largest absolute Gasteiger partial charge is 0.314 e. The fourth-order valence-corrected chi connectivity index (χ4v) is 2.19. The quantitative estimate of drug-likeness (QED) is 0.502. The SMILES string of the molecule is CCSCCNCC(Cl)CC(C)C. The maximum Gasteiger partial charge on any atom is 0.0463 e. The lowest BCUT2D eigenvalue weighted by Crippen LogP contribution is -2.26. The van der Waals surface area contributed by atoms with Crippen LogP contribution in [-0.2, 0) is 0 Å². The van der Waals surface area contributed by atoms with E-state index < -0.39 is 0 Å². The second kappa shape index (κ2) is 9.17. The first kappa shape index (κ1) is 13.6. The predicted molar refractivity (Wildman–Crippen MR) is 65.0 cm³/mol. The fourth-order valence-electron chi connectivity index (χ4n) is 1.14. The molecule has 0 aliphatic rings. The molecule has 0 spiro atoms. The van der Waals surface area contributed by atoms with Crippen LogP contribution in [0.2, 0.25) is 0 Å². The summed E-state index contributed by atoms with van der Waals surface area (Å²) in [6.07, 6.45) is 1.11. The Morgan fingerprint density at radius 1 is 1.38 bits per heavy atom. The van der Waals surface area contributed by atoms with Gasteiger partial charge in [-0.1, -0.05) is 20.8 Å². The standard InChI is InChI=1S/C10H22ClNS/c1-4-13-6-5-12-8-10(11)7-9(2)3/h9-10,12H,4-8H2,1-3H3. The van der Waals surface area contributed by atoms with Gasteiger partial charge in [-0.05, 0) is 18.1 Å². The molecule has 0 saturated heterocycles. The van der Waals surface area contributed by atoms with Crippen LogP contribution < -0.4 is 5.32 Å². The number of thioether (sulfide) groups is 1. The molecule has 0 rings (SSSR count). The minimum Gasteiger partial charge on any atom is -0.314 e. The maximum atomic E-state index is 6.12. The van der Waals surface area contributed by atoms with Crippen molar-refractivity contribution in [3.63, 3.8) is 0 Å². The normalized spacial score (nSPS) is 13.6. The van der Waals surface area contributed by atoms with E-state index in [2.05, 4.69) is 26.1 Å². The van der Waals surface area contributed by atoms with Gasteiger partial charge in [0, 0.05) is 24.2 Å². The molecule has 0 aliphatic heterocycles. The summed E-state index contributed by atoms with van der Waals surface area (Å²) in [4.78, 5) is 0. The molecule has 1 nitrogen and oxygen atoms in total. The van der Waals surface area contributed by atoms with Crippen molar-refractivity contribution in [2.45, 2.75) is 32.6 Å². The summed E-state index contributed by atoms with van der Waals surface area (Å²) in [5.41, 5.74) is 0. The summed E-state index contributed by atoms with van der Waals surface area (Å²) in [6.45, 7) is 8.64. The molecule has 1 unspecified atom stereocenters. The van der Waals surface area contributed by atoms with Crippen molar-refractivity contribution in [3.8, 4) is 0 Å². The third kappa shape index (κ3) is 10.5. The highest BCUT2D eigenvalue weighted by molar-refractivity contribution is 7.99. The molecule has 1 atom stereocenters. The molecule has 0 saturated carbocycles. The number of hydrogen-bond acceptors (Lipinski definition) is 2. The lowest BCUT2D eigenvalue weighted by molar-refractivity contribution is 0.540. The molecular weight excluding hydrogens is 202 g/mol. The predicted octanol–water partition coefficient (Wildman–Crippen LogP) is 2.98. The van der Waals surface area contributed by atoms with E-state index in [0.717, 1.165) is 19.5 Å². The van der Waals surface area contributed by atoms with Gasteiger partial charge in [0.05, 0.1) is 0 Å². The monoisotopic (exact) mass is 223 g/mol. The van der Waals surface area contributed by atoms with Gasteiger partial charge in [0.25, 0.3) is 0 Å². The number of alkyl halides is 1. The first-order valence-electron chi connectivity index (χ1n) is 5.09. The molecule has 1 N–H and O–H groups in total. The Balaban J connectivity index is 3.12. The van der Waals surface area contributed by atoms with Crippen LogP contribution in [0.15, 0.2) is 0 Å². The van der Waals surface area contributed by atoms with Gasteiger partial charge in [-0.2, -0.15) is 11.8 Å². The summed E-state index contributed by atoms with van der Waals surface area (Å²) in [7, 11) is 0. The zero-order valence-electron chi connectivity index (χ0n) is 8.98. The number of nitrogens with one attached hydrogen (secondary N) is 1. The second-order valence-corrected chi connectivity index (χ2v) is 5.64. The van der Waals surface area contributed by atoms with Crippen LogP contribution in [0.5, 0.6) is 0 Å². The molecule has 0 amide bonds. The molecule has 0 aliphatic carbocycles. The van der Waals surface area contributed by atoms with Crippen LogP contribution in [0.1, 0.15) is 27.2 Å². The van der Waals surface area contributed by atoms with Crippen molar-refractivity contribution in [2.24, 2.45) is 5.92 Å². The highest BCUT2D eigenvalue weighted by Gasteiger charge is 2.05. The smallest absolute Gasteiger partial charge is 0.0463 e. The maximum absolute atomic E-state index is 6.12. The van der Waals surface area contributed by atoms with E-state index in [1.54, 1.807) is 0 Å². The Morgan fingerprint density at radius 2 is 2.08 bits per heavy atom. The van der Waals surface area contributed by atoms with Gasteiger partial charge in [0.1, 0.15) is 0 Å². The summed E-state index contributed by atoms with van der Waals surface area (Å²) < 4.78 is 0. The topological polar surface area (TPSA) is 12.0 Å². The van der Waals surface area contributed by atoms with E-state index in [0.29, 0.717) is 11.3 Å². The summed E-state index contributed by atoms with van der Waals surface area (Å²) in [5, 5.41) is 3.67. The number of hydrogen-bond donors (Lipinski definition) is 1. The number of rotatable bonds is 8. The first-order chi connectivity index (χ1) is 6.16. The number of halogens is 1. The van der Waals surface area contributed by atoms with Crippen LogP contribution in [0, 0.1) is 5.92 Å². The van der Waals surface area contributed by atoms with Crippen LogP contribution in [0.4, 0.5) is 0 Å². The lowest BCUT2D eigenvalue weighted by atomic mass is 10.1. The average molecular weight is 224 g/mol. The van der Waals surface area contributed by atoms with Crippen LogP contribution in [-0.4, -0.2) is 30.0 Å². The van der Waals surface area contributed by atoms with Gasteiger partial charge in [-0.25, -0.2) is 0 Å². The minimum absolute atomic E-state index is 0.298. The average Bonchev–Trinajstić information content (AvgIpc) is 2.02. The zero-order valence-corrected chi connectivity index (χ0v) is 10.5. The van der Waals surface area contributed by atoms with Gasteiger partial charge < -0.3 is 5.32 Å². The van der Waals surface area contributed by atoms with Crippen molar-refractivity contribution in [2.75, 3.05) is 24.6 Å². The van der Waals surface area contributed by atoms with E-state index in [1.807, 2.05) is 11.8 Å². The molecule has 0 radical (unpaired) electrons. The van der Waals surface area contributed by atoms with Crippen molar-refractivity contribution in [1.29, 1.82) is 0 Å². The molecule has 80 valence electrons. The molecule has 0 heterocycles. The fraction of sp³-hybridized carbons (Fsp3) is 1.00. The Bertz CT molecular complexity index is 109. The lowest BCUT2D eigenvalue weighted by Gasteiger charge is -2.12. The van der Waals surface area contributed by atoms with Gasteiger partial charge >= 0.3 is 0 Å². The third-order valence-corrected chi connectivity index (χ3v) is 2.95. The van der Waals surface area contributed by atoms with E-state index >= 15 is 0 Å². The minimum atomic E-state index is 0.298. The molecule has 0 aromatic carbocycles. The molecule has 3 heteroatoms. The molecule has 0 fully saturated rings. The summed E-state index contributed by atoms with van der Waals surface area (Å²) >= 11 is 8.09. The van der Waals surface area contributed by atoms with Gasteiger partial charge in [-0.3, -0.25) is 0 Å². The Kier molecular flexibility index (Phi) is 9.59. The Hall–Kier alpha value is 0.600. The zero-order chi connectivity index (χ0) is 10.1. The molecule has 0 aromatic heterocycles. The van der Waals surface area contributed by atoms with Crippen molar-refractivity contribution in [1.82, 2.24) is 5.32 Å². The molecule has 0 bridgehead atoms. The molecular formula is C10H22ClNS. The van der Waals surface area contributed by atoms with Gasteiger partial charge in [0.2, 0.25) is 0 Å². The summed E-state index contributed by atoms with van der Waals surface area (Å²) in [5.74, 6) is 3.11. The van der Waals surface area contributed by atoms with Gasteiger partial charge in [-0.15, -0.1) is 11.6 Å². The molecule has 0 aromatic rings. The molecule has 13 heavy (non-hydrogen) atoms. The Morgan fingerprint density at radius 3 is 2.62 bits per heavy atom. The van der Waals surface area contributed by atoms with Crippen molar-refractivity contribution in [3.05, 3.63) is 0 Å². The van der Waals surface area contributed by atoms with Crippen LogP contribution in [0.25, 0.3) is 0 Å². The van der Waals surface area contributed by atoms with Crippen LogP contribution in [0.3, 0.4) is 0 Å². The van der Waals surface area contributed by atoms with E-state index in [1.165, 1.54) is 11.5 Å². The third-order valence-electron chi connectivity index (χ3n) is 1.72. The highest BCUT2D eigenvalue weighted by atomic mass is 35.5. The van der Waals surface area contributed by atoms with Crippen molar-refractivity contribution >= 4 is 23.4 Å². The van der Waals surface area contributed by atoms with E-state index in [9.17, 15) is 0 Å². The highest BCUT2D eigenvalue weighted by Crippen LogP contribution is 2.09. The van der Waals surface area contributed by atoms with Gasteiger partial charge in [0.15, 0.2) is 0 Å².